The van der Waals surface area contributed by atoms with Crippen molar-refractivity contribution in [2.24, 2.45) is 0 Å². The van der Waals surface area contributed by atoms with Crippen LogP contribution < -0.4 is 4.74 Å². The second kappa shape index (κ2) is 8.16. The normalized spacial score (nSPS) is 17.3. The highest BCUT2D eigenvalue weighted by molar-refractivity contribution is 7.90. The SMILES string of the molecule is CCC(=O)C1=C(O)CC(c2cccc(Oc3ccc(S(C)(=O)=O)cn3)c2)CC1=O. The van der Waals surface area contributed by atoms with E-state index in [-0.39, 0.29) is 58.9 Å². The van der Waals surface area contributed by atoms with Crippen LogP contribution >= 0.6 is 0 Å². The fourth-order valence-corrected chi connectivity index (χ4v) is 3.78. The Morgan fingerprint density at radius 2 is 2.00 bits per heavy atom. The van der Waals surface area contributed by atoms with Crippen molar-refractivity contribution in [1.29, 1.82) is 0 Å². The molecule has 7 nitrogen and oxygen atoms in total. The maximum absolute atomic E-state index is 12.3. The number of rotatable bonds is 6. The van der Waals surface area contributed by atoms with Gasteiger partial charge in [-0.1, -0.05) is 19.1 Å². The van der Waals surface area contributed by atoms with Gasteiger partial charge in [0.05, 0.1) is 10.5 Å². The van der Waals surface area contributed by atoms with E-state index in [2.05, 4.69) is 4.98 Å². The zero-order valence-corrected chi connectivity index (χ0v) is 16.9. The number of carbonyl (C=O) groups is 2. The molecule has 2 aromatic rings. The molecule has 8 heteroatoms. The molecule has 0 saturated heterocycles. The lowest BCUT2D eigenvalue weighted by Crippen LogP contribution is -2.23. The largest absolute Gasteiger partial charge is 0.511 e. The molecule has 0 radical (unpaired) electrons. The molecule has 0 spiro atoms. The Labute approximate surface area is 169 Å². The number of allylic oxidation sites excluding steroid dienone is 2. The van der Waals surface area contributed by atoms with Crippen LogP contribution in [0.15, 0.2) is 58.8 Å². The average molecular weight is 415 g/mol. The van der Waals surface area contributed by atoms with E-state index in [1.54, 1.807) is 25.1 Å². The van der Waals surface area contributed by atoms with E-state index in [4.69, 9.17) is 4.74 Å². The molecule has 1 N–H and O–H groups in total. The van der Waals surface area contributed by atoms with Gasteiger partial charge in [-0.15, -0.1) is 0 Å². The monoisotopic (exact) mass is 415 g/mol. The third kappa shape index (κ3) is 4.71. The number of benzene rings is 1. The summed E-state index contributed by atoms with van der Waals surface area (Å²) in [7, 11) is -3.34. The molecule has 1 aromatic carbocycles. The first kappa shape index (κ1) is 20.7. The Hall–Kier alpha value is -3.00. The Bertz CT molecular complexity index is 1090. The van der Waals surface area contributed by atoms with Gasteiger partial charge in [0, 0.05) is 37.8 Å². The van der Waals surface area contributed by atoms with Crippen LogP contribution in [0.1, 0.15) is 37.7 Å². The number of hydrogen-bond acceptors (Lipinski definition) is 7. The van der Waals surface area contributed by atoms with Crippen molar-refractivity contribution < 1.29 is 27.9 Å². The number of aliphatic hydroxyl groups is 1. The van der Waals surface area contributed by atoms with Crippen LogP contribution in [0.25, 0.3) is 0 Å². The molecular formula is C21H21NO6S. The highest BCUT2D eigenvalue weighted by Gasteiger charge is 2.31. The van der Waals surface area contributed by atoms with Crippen LogP contribution in [-0.2, 0) is 19.4 Å². The van der Waals surface area contributed by atoms with Crippen LogP contribution in [0.3, 0.4) is 0 Å². The average Bonchev–Trinajstić information content (AvgIpc) is 2.67. The third-order valence-corrected chi connectivity index (χ3v) is 5.83. The van der Waals surface area contributed by atoms with Gasteiger partial charge < -0.3 is 9.84 Å². The highest BCUT2D eigenvalue weighted by atomic mass is 32.2. The molecule has 3 rings (SSSR count). The van der Waals surface area contributed by atoms with Gasteiger partial charge >= 0.3 is 0 Å². The summed E-state index contributed by atoms with van der Waals surface area (Å²) in [5, 5.41) is 10.2. The summed E-state index contributed by atoms with van der Waals surface area (Å²) in [6.45, 7) is 1.65. The molecule has 0 saturated carbocycles. The van der Waals surface area contributed by atoms with Crippen molar-refractivity contribution >= 4 is 21.4 Å². The maximum Gasteiger partial charge on any atom is 0.219 e. The van der Waals surface area contributed by atoms with E-state index in [1.165, 1.54) is 18.3 Å². The summed E-state index contributed by atoms with van der Waals surface area (Å²) < 4.78 is 28.7. The van der Waals surface area contributed by atoms with Gasteiger partial charge in [0.15, 0.2) is 21.4 Å². The fraction of sp³-hybridized carbons (Fsp3) is 0.286. The van der Waals surface area contributed by atoms with Gasteiger partial charge in [0.2, 0.25) is 5.88 Å². The second-order valence-corrected chi connectivity index (χ2v) is 8.92. The molecule has 0 amide bonds. The minimum atomic E-state index is -3.34. The lowest BCUT2D eigenvalue weighted by molar-refractivity contribution is -0.122. The van der Waals surface area contributed by atoms with Crippen LogP contribution in [0.5, 0.6) is 11.6 Å². The van der Waals surface area contributed by atoms with Crippen molar-refractivity contribution in [3.8, 4) is 11.6 Å². The van der Waals surface area contributed by atoms with Crippen LogP contribution in [0.2, 0.25) is 0 Å². The maximum atomic E-state index is 12.3. The van der Waals surface area contributed by atoms with Gasteiger partial charge in [-0.2, -0.15) is 0 Å². The lowest BCUT2D eigenvalue weighted by Gasteiger charge is -2.23. The fourth-order valence-electron chi connectivity index (χ4n) is 3.22. The third-order valence-electron chi connectivity index (χ3n) is 4.73. The van der Waals surface area contributed by atoms with Crippen molar-refractivity contribution in [1.82, 2.24) is 4.98 Å². The number of ether oxygens (including phenoxy) is 1. The predicted octanol–water partition coefficient (Wildman–Crippen LogP) is 3.52. The number of hydrogen-bond donors (Lipinski definition) is 1. The van der Waals surface area contributed by atoms with E-state index in [1.807, 2.05) is 6.07 Å². The number of pyridine rings is 1. The Kier molecular flexibility index (Phi) is 5.83. The highest BCUT2D eigenvalue weighted by Crippen LogP contribution is 2.35. The summed E-state index contributed by atoms with van der Waals surface area (Å²) in [5.74, 6) is -0.426. The number of aromatic nitrogens is 1. The quantitative estimate of drug-likeness (QED) is 0.719. The lowest BCUT2D eigenvalue weighted by atomic mass is 9.81. The first-order valence-electron chi connectivity index (χ1n) is 9.11. The zero-order chi connectivity index (χ0) is 21.2. The number of carbonyl (C=O) groups excluding carboxylic acids is 2. The van der Waals surface area contributed by atoms with E-state index in [0.29, 0.717) is 5.75 Å². The smallest absolute Gasteiger partial charge is 0.219 e. The number of aliphatic hydroxyl groups excluding tert-OH is 1. The Morgan fingerprint density at radius 3 is 2.59 bits per heavy atom. The molecule has 1 aliphatic carbocycles. The van der Waals surface area contributed by atoms with Crippen molar-refractivity contribution in [3.63, 3.8) is 0 Å². The van der Waals surface area contributed by atoms with E-state index < -0.39 is 9.84 Å². The van der Waals surface area contributed by atoms with Crippen LogP contribution in [0.4, 0.5) is 0 Å². The van der Waals surface area contributed by atoms with Crippen molar-refractivity contribution in [3.05, 3.63) is 59.5 Å². The predicted molar refractivity (Wildman–Crippen MR) is 106 cm³/mol. The van der Waals surface area contributed by atoms with Gasteiger partial charge in [-0.25, -0.2) is 13.4 Å². The van der Waals surface area contributed by atoms with Crippen LogP contribution in [-0.4, -0.2) is 36.3 Å². The van der Waals surface area contributed by atoms with Gasteiger partial charge in [0.25, 0.3) is 0 Å². The molecule has 1 heterocycles. The van der Waals surface area contributed by atoms with Crippen molar-refractivity contribution in [2.45, 2.75) is 37.0 Å². The first-order valence-corrected chi connectivity index (χ1v) is 11.0. The van der Waals surface area contributed by atoms with Crippen molar-refractivity contribution in [2.75, 3.05) is 6.26 Å². The number of sulfone groups is 1. The summed E-state index contributed by atoms with van der Waals surface area (Å²) in [5.41, 5.74) is 0.712. The molecule has 29 heavy (non-hydrogen) atoms. The molecule has 0 aliphatic heterocycles. The van der Waals surface area contributed by atoms with Gasteiger partial charge in [0.1, 0.15) is 11.5 Å². The Morgan fingerprint density at radius 1 is 1.24 bits per heavy atom. The molecular weight excluding hydrogens is 394 g/mol. The first-order chi connectivity index (χ1) is 13.7. The van der Waals surface area contributed by atoms with E-state index in [0.717, 1.165) is 11.8 Å². The minimum absolute atomic E-state index is 0.0775. The minimum Gasteiger partial charge on any atom is -0.511 e. The summed E-state index contributed by atoms with van der Waals surface area (Å²) in [6, 6.07) is 9.91. The number of Topliss-reactive ketones (excluding diaryl/α,β-unsaturated/α-hetero) is 2. The summed E-state index contributed by atoms with van der Waals surface area (Å²) >= 11 is 0. The standard InChI is InChI=1S/C21H21NO6S/c1-3-17(23)21-18(24)10-14(11-19(21)25)13-5-4-6-15(9-13)28-20-8-7-16(12-22-20)29(2,26)27/h4-9,12,14,24H,3,10-11H2,1-2H3. The molecule has 0 bridgehead atoms. The molecule has 152 valence electrons. The topological polar surface area (TPSA) is 111 Å². The number of nitrogens with zero attached hydrogens (tertiary/aromatic N) is 1. The molecule has 0 fully saturated rings. The van der Waals surface area contributed by atoms with Gasteiger partial charge in [-0.3, -0.25) is 9.59 Å². The second-order valence-electron chi connectivity index (χ2n) is 6.91. The van der Waals surface area contributed by atoms with E-state index in [9.17, 15) is 23.1 Å². The molecule has 1 aromatic heterocycles. The van der Waals surface area contributed by atoms with E-state index >= 15 is 0 Å². The van der Waals surface area contributed by atoms with Crippen LogP contribution in [0, 0.1) is 0 Å². The summed E-state index contributed by atoms with van der Waals surface area (Å²) in [6.07, 6.45) is 2.84. The van der Waals surface area contributed by atoms with Gasteiger partial charge in [-0.05, 0) is 29.7 Å². The molecule has 1 atom stereocenters. The Balaban J connectivity index is 1.79. The zero-order valence-electron chi connectivity index (χ0n) is 16.1. The molecule has 1 unspecified atom stereocenters. The number of ketones is 2. The summed E-state index contributed by atoms with van der Waals surface area (Å²) in [4.78, 5) is 28.3. The molecule has 1 aliphatic rings.